The lowest BCUT2D eigenvalue weighted by molar-refractivity contribution is 0.129. The van der Waals surface area contributed by atoms with E-state index in [4.69, 9.17) is 0 Å². The Morgan fingerprint density at radius 2 is 1.96 bits per heavy atom. The maximum atomic E-state index is 12.2. The van der Waals surface area contributed by atoms with Gasteiger partial charge in [0, 0.05) is 25.1 Å². The van der Waals surface area contributed by atoms with Crippen molar-refractivity contribution in [2.75, 3.05) is 13.2 Å². The molecule has 2 atom stereocenters. The van der Waals surface area contributed by atoms with Gasteiger partial charge in [-0.25, -0.2) is 4.79 Å². The molecule has 0 radical (unpaired) electrons. The Morgan fingerprint density at radius 3 is 2.48 bits per heavy atom. The molecule has 1 saturated carbocycles. The van der Waals surface area contributed by atoms with E-state index in [2.05, 4.69) is 29.7 Å². The molecule has 1 aliphatic carbocycles. The fourth-order valence-corrected chi connectivity index (χ4v) is 3.15. The van der Waals surface area contributed by atoms with Crippen molar-refractivity contribution in [3.63, 3.8) is 0 Å². The van der Waals surface area contributed by atoms with Gasteiger partial charge < -0.3 is 15.7 Å². The number of carbonyl (C=O) groups is 1. The van der Waals surface area contributed by atoms with Crippen LogP contribution in [0.1, 0.15) is 51.5 Å². The molecular weight excluding hydrogens is 288 g/mol. The van der Waals surface area contributed by atoms with E-state index in [1.807, 2.05) is 32.0 Å². The first-order chi connectivity index (χ1) is 10.9. The zero-order valence-electron chi connectivity index (χ0n) is 14.5. The van der Waals surface area contributed by atoms with Gasteiger partial charge >= 0.3 is 6.03 Å². The van der Waals surface area contributed by atoms with Crippen LogP contribution in [0.2, 0.25) is 0 Å². The van der Waals surface area contributed by atoms with Crippen LogP contribution in [-0.4, -0.2) is 30.3 Å². The topological polar surface area (TPSA) is 61.4 Å². The van der Waals surface area contributed by atoms with Gasteiger partial charge in [-0.1, -0.05) is 50.6 Å². The van der Waals surface area contributed by atoms with E-state index in [1.165, 1.54) is 19.3 Å². The fourth-order valence-electron chi connectivity index (χ4n) is 3.15. The summed E-state index contributed by atoms with van der Waals surface area (Å²) in [4.78, 5) is 12.2. The van der Waals surface area contributed by atoms with Gasteiger partial charge in [-0.15, -0.1) is 0 Å². The highest BCUT2D eigenvalue weighted by atomic mass is 16.3. The van der Waals surface area contributed by atoms with E-state index in [0.29, 0.717) is 12.5 Å². The second kappa shape index (κ2) is 7.82. The molecular formula is C19H30N2O2. The highest BCUT2D eigenvalue weighted by molar-refractivity contribution is 5.74. The predicted molar refractivity (Wildman–Crippen MR) is 93.4 cm³/mol. The van der Waals surface area contributed by atoms with Crippen LogP contribution in [0.4, 0.5) is 4.79 Å². The lowest BCUT2D eigenvalue weighted by Gasteiger charge is -2.34. The Bertz CT molecular complexity index is 497. The van der Waals surface area contributed by atoms with Crippen LogP contribution < -0.4 is 10.6 Å². The minimum atomic E-state index is -0.297. The molecule has 2 rings (SSSR count). The smallest absolute Gasteiger partial charge is 0.315 e. The molecule has 0 heterocycles. The highest BCUT2D eigenvalue weighted by Gasteiger charge is 2.31. The molecule has 0 aromatic heterocycles. The average Bonchev–Trinajstić information content (AvgIpc) is 2.46. The van der Waals surface area contributed by atoms with E-state index in [1.54, 1.807) is 0 Å². The summed E-state index contributed by atoms with van der Waals surface area (Å²) in [5.41, 5.74) is 0.840. The van der Waals surface area contributed by atoms with Gasteiger partial charge in [0.1, 0.15) is 0 Å². The molecule has 3 N–H and O–H groups in total. The molecule has 23 heavy (non-hydrogen) atoms. The molecule has 0 bridgehead atoms. The molecule has 2 amide bonds. The minimum absolute atomic E-state index is 0.0680. The summed E-state index contributed by atoms with van der Waals surface area (Å²) in [5, 5.41) is 15.8. The van der Waals surface area contributed by atoms with Crippen molar-refractivity contribution in [3.8, 4) is 0 Å². The van der Waals surface area contributed by atoms with Crippen LogP contribution in [0.5, 0.6) is 0 Å². The van der Waals surface area contributed by atoms with Crippen molar-refractivity contribution in [1.82, 2.24) is 10.6 Å². The third-order valence-corrected chi connectivity index (χ3v) is 5.24. The molecule has 2 unspecified atom stereocenters. The van der Waals surface area contributed by atoms with Gasteiger partial charge in [-0.2, -0.15) is 0 Å². The summed E-state index contributed by atoms with van der Waals surface area (Å²) in [7, 11) is 0. The Balaban J connectivity index is 1.94. The van der Waals surface area contributed by atoms with E-state index >= 15 is 0 Å². The molecule has 1 aromatic carbocycles. The summed E-state index contributed by atoms with van der Waals surface area (Å²) >= 11 is 0. The van der Waals surface area contributed by atoms with Crippen LogP contribution in [0, 0.1) is 11.3 Å². The predicted octanol–water partition coefficient (Wildman–Crippen LogP) is 3.28. The summed E-state index contributed by atoms with van der Waals surface area (Å²) < 4.78 is 0. The van der Waals surface area contributed by atoms with E-state index in [9.17, 15) is 9.90 Å². The zero-order valence-corrected chi connectivity index (χ0v) is 14.5. The van der Waals surface area contributed by atoms with Crippen molar-refractivity contribution < 1.29 is 9.90 Å². The Kier molecular flexibility index (Phi) is 6.05. The van der Waals surface area contributed by atoms with Crippen molar-refractivity contribution in [3.05, 3.63) is 35.9 Å². The number of hydrogen-bond acceptors (Lipinski definition) is 2. The lowest BCUT2D eigenvalue weighted by Crippen LogP contribution is -2.47. The maximum absolute atomic E-state index is 12.2. The molecule has 128 valence electrons. The van der Waals surface area contributed by atoms with Crippen LogP contribution in [0.25, 0.3) is 0 Å². The van der Waals surface area contributed by atoms with Gasteiger partial charge in [0.25, 0.3) is 0 Å². The lowest BCUT2D eigenvalue weighted by atomic mass is 9.75. The molecule has 0 aliphatic heterocycles. The average molecular weight is 318 g/mol. The van der Waals surface area contributed by atoms with E-state index < -0.39 is 0 Å². The van der Waals surface area contributed by atoms with Crippen molar-refractivity contribution in [2.45, 2.75) is 52.0 Å². The number of carbonyl (C=O) groups excluding carboxylic acids is 1. The number of aliphatic hydroxyl groups excluding tert-OH is 1. The second-order valence-corrected chi connectivity index (χ2v) is 7.44. The third kappa shape index (κ3) is 4.71. The quantitative estimate of drug-likeness (QED) is 0.722. The van der Waals surface area contributed by atoms with E-state index in [-0.39, 0.29) is 30.0 Å². The van der Waals surface area contributed by atoms with Crippen molar-refractivity contribution >= 4 is 6.03 Å². The van der Waals surface area contributed by atoms with Crippen LogP contribution in [0.15, 0.2) is 30.3 Å². The van der Waals surface area contributed by atoms with Gasteiger partial charge in [0.05, 0.1) is 0 Å². The number of rotatable bonds is 7. The molecule has 0 saturated heterocycles. The minimum Gasteiger partial charge on any atom is -0.396 e. The Labute approximate surface area is 139 Å². The number of nitrogens with one attached hydrogen (secondary N) is 2. The first kappa shape index (κ1) is 17.8. The first-order valence-corrected chi connectivity index (χ1v) is 8.64. The summed E-state index contributed by atoms with van der Waals surface area (Å²) in [5.74, 6) is 0.693. The van der Waals surface area contributed by atoms with Gasteiger partial charge in [-0.05, 0) is 36.7 Å². The molecule has 4 nitrogen and oxygen atoms in total. The van der Waals surface area contributed by atoms with Crippen molar-refractivity contribution in [2.24, 2.45) is 11.3 Å². The van der Waals surface area contributed by atoms with Crippen LogP contribution in [0.3, 0.4) is 0 Å². The molecule has 4 heteroatoms. The second-order valence-electron chi connectivity index (χ2n) is 7.44. The highest BCUT2D eigenvalue weighted by Crippen LogP contribution is 2.34. The summed E-state index contributed by atoms with van der Waals surface area (Å²) in [6, 6.07) is 10.2. The molecule has 1 fully saturated rings. The standard InChI is InChI=1S/C19H30N2O2/c1-14(15-10-7-11-15)21-18(23)20-12-17(19(2,3)13-22)16-8-5-4-6-9-16/h4-6,8-9,14-15,17,22H,7,10-13H2,1-3H3,(H2,20,21,23). The molecule has 0 spiro atoms. The third-order valence-electron chi connectivity index (χ3n) is 5.24. The SMILES string of the molecule is CC(NC(=O)NCC(c1ccccc1)C(C)(C)CO)C1CCC1. The first-order valence-electron chi connectivity index (χ1n) is 8.64. The number of hydrogen-bond donors (Lipinski definition) is 3. The van der Waals surface area contributed by atoms with Crippen molar-refractivity contribution in [1.29, 1.82) is 0 Å². The van der Waals surface area contributed by atoms with Gasteiger partial charge in [0.2, 0.25) is 0 Å². The number of amides is 2. The maximum Gasteiger partial charge on any atom is 0.315 e. The van der Waals surface area contributed by atoms with Gasteiger partial charge in [-0.3, -0.25) is 0 Å². The Hall–Kier alpha value is -1.55. The monoisotopic (exact) mass is 318 g/mol. The molecule has 1 aliphatic rings. The number of urea groups is 1. The molecule has 1 aromatic rings. The van der Waals surface area contributed by atoms with Crippen LogP contribution >= 0.6 is 0 Å². The number of benzene rings is 1. The van der Waals surface area contributed by atoms with Gasteiger partial charge in [0.15, 0.2) is 0 Å². The Morgan fingerprint density at radius 1 is 1.30 bits per heavy atom. The fraction of sp³-hybridized carbons (Fsp3) is 0.632. The summed E-state index contributed by atoms with van der Waals surface area (Å²) in [6.07, 6.45) is 3.70. The van der Waals surface area contributed by atoms with E-state index in [0.717, 1.165) is 5.56 Å². The normalized spacial score (nSPS) is 17.9. The zero-order chi connectivity index (χ0) is 16.9. The summed E-state index contributed by atoms with van der Waals surface area (Å²) in [6.45, 7) is 6.73. The largest absolute Gasteiger partial charge is 0.396 e. The number of aliphatic hydroxyl groups is 1. The van der Waals surface area contributed by atoms with Crippen LogP contribution in [-0.2, 0) is 0 Å².